The summed E-state index contributed by atoms with van der Waals surface area (Å²) in [6.07, 6.45) is 5.97. The van der Waals surface area contributed by atoms with Crippen LogP contribution in [0.15, 0.2) is 48.5 Å². The lowest BCUT2D eigenvalue weighted by atomic mass is 9.82. The summed E-state index contributed by atoms with van der Waals surface area (Å²) in [5.74, 6) is 0. The zero-order chi connectivity index (χ0) is 14.0. The number of hydrogen-bond donors (Lipinski definition) is 1. The topological polar surface area (TPSA) is 26.0 Å². The molecule has 2 N–H and O–H groups in total. The van der Waals surface area contributed by atoms with Gasteiger partial charge in [0.25, 0.3) is 0 Å². The lowest BCUT2D eigenvalue weighted by molar-refractivity contribution is 0.490. The first-order chi connectivity index (χ1) is 9.65. The first-order valence-electron chi connectivity index (χ1n) is 7.60. The summed E-state index contributed by atoms with van der Waals surface area (Å²) < 4.78 is 0. The molecule has 0 aromatic heterocycles. The maximum absolute atomic E-state index is 6.60. The summed E-state index contributed by atoms with van der Waals surface area (Å²) in [6, 6.07) is 17.4. The average molecular weight is 265 g/mol. The summed E-state index contributed by atoms with van der Waals surface area (Å²) in [5, 5.41) is 0. The van der Waals surface area contributed by atoms with Gasteiger partial charge in [-0.05, 0) is 61.3 Å². The van der Waals surface area contributed by atoms with Crippen molar-refractivity contribution in [1.29, 1.82) is 0 Å². The van der Waals surface area contributed by atoms with Crippen LogP contribution in [0.2, 0.25) is 0 Å². The van der Waals surface area contributed by atoms with Crippen molar-refractivity contribution in [3.8, 4) is 0 Å². The van der Waals surface area contributed by atoms with Crippen molar-refractivity contribution in [3.05, 3.63) is 70.8 Å². The molecule has 104 valence electrons. The van der Waals surface area contributed by atoms with Crippen molar-refractivity contribution in [1.82, 2.24) is 0 Å². The van der Waals surface area contributed by atoms with Gasteiger partial charge in [-0.25, -0.2) is 0 Å². The van der Waals surface area contributed by atoms with Crippen molar-refractivity contribution in [2.45, 2.75) is 44.6 Å². The number of nitrogens with two attached hydrogens (primary N) is 1. The summed E-state index contributed by atoms with van der Waals surface area (Å²) in [4.78, 5) is 0. The minimum Gasteiger partial charge on any atom is -0.321 e. The van der Waals surface area contributed by atoms with Gasteiger partial charge in [0.2, 0.25) is 0 Å². The Morgan fingerprint density at radius 2 is 1.65 bits per heavy atom. The predicted molar refractivity (Wildman–Crippen MR) is 84.8 cm³/mol. The SMILES string of the molecule is CC(N)(Cc1ccccc1)c1ccc2c(c1)CCCC2. The molecule has 1 aliphatic carbocycles. The first-order valence-corrected chi connectivity index (χ1v) is 7.60. The van der Waals surface area contributed by atoms with Crippen molar-refractivity contribution in [2.24, 2.45) is 5.73 Å². The zero-order valence-corrected chi connectivity index (χ0v) is 12.2. The highest BCUT2D eigenvalue weighted by molar-refractivity contribution is 5.37. The van der Waals surface area contributed by atoms with Gasteiger partial charge in [-0.3, -0.25) is 0 Å². The molecule has 0 saturated heterocycles. The Morgan fingerprint density at radius 1 is 0.950 bits per heavy atom. The van der Waals surface area contributed by atoms with Crippen molar-refractivity contribution in [2.75, 3.05) is 0 Å². The van der Waals surface area contributed by atoms with E-state index in [-0.39, 0.29) is 5.54 Å². The molecule has 1 heteroatoms. The Bertz CT molecular complexity index is 584. The zero-order valence-electron chi connectivity index (χ0n) is 12.2. The third-order valence-electron chi connectivity index (χ3n) is 4.42. The molecule has 0 radical (unpaired) electrons. The minimum absolute atomic E-state index is 0.298. The van der Waals surface area contributed by atoms with Crippen LogP contribution >= 0.6 is 0 Å². The van der Waals surface area contributed by atoms with Crippen LogP contribution in [0.5, 0.6) is 0 Å². The van der Waals surface area contributed by atoms with E-state index in [1.165, 1.54) is 47.9 Å². The number of hydrogen-bond acceptors (Lipinski definition) is 1. The molecule has 0 aliphatic heterocycles. The third kappa shape index (κ3) is 2.78. The van der Waals surface area contributed by atoms with E-state index in [0.717, 1.165) is 6.42 Å². The van der Waals surface area contributed by atoms with Crippen LogP contribution in [-0.2, 0) is 24.8 Å². The summed E-state index contributed by atoms with van der Waals surface area (Å²) in [6.45, 7) is 2.14. The van der Waals surface area contributed by atoms with E-state index in [1.807, 2.05) is 0 Å². The lowest BCUT2D eigenvalue weighted by Crippen LogP contribution is -2.35. The van der Waals surface area contributed by atoms with Crippen LogP contribution < -0.4 is 5.73 Å². The Hall–Kier alpha value is -1.60. The van der Waals surface area contributed by atoms with Gasteiger partial charge in [-0.1, -0.05) is 48.5 Å². The average Bonchev–Trinajstić information content (AvgIpc) is 2.47. The van der Waals surface area contributed by atoms with Gasteiger partial charge in [0, 0.05) is 5.54 Å². The van der Waals surface area contributed by atoms with Gasteiger partial charge in [-0.15, -0.1) is 0 Å². The molecule has 0 spiro atoms. The molecule has 0 bridgehead atoms. The second kappa shape index (κ2) is 5.41. The lowest BCUT2D eigenvalue weighted by Gasteiger charge is -2.27. The highest BCUT2D eigenvalue weighted by Gasteiger charge is 2.23. The quantitative estimate of drug-likeness (QED) is 0.892. The summed E-state index contributed by atoms with van der Waals surface area (Å²) >= 11 is 0. The molecule has 1 atom stereocenters. The maximum Gasteiger partial charge on any atom is 0.0421 e. The second-order valence-electron chi connectivity index (χ2n) is 6.27. The smallest absolute Gasteiger partial charge is 0.0421 e. The van der Waals surface area contributed by atoms with E-state index in [2.05, 4.69) is 55.5 Å². The number of benzene rings is 2. The molecular weight excluding hydrogens is 242 g/mol. The molecule has 2 aromatic carbocycles. The molecule has 3 rings (SSSR count). The fourth-order valence-corrected chi connectivity index (χ4v) is 3.21. The Morgan fingerprint density at radius 3 is 2.40 bits per heavy atom. The van der Waals surface area contributed by atoms with Crippen LogP contribution in [0.1, 0.15) is 42.0 Å². The van der Waals surface area contributed by atoms with Gasteiger partial charge < -0.3 is 5.73 Å². The molecule has 1 nitrogen and oxygen atoms in total. The van der Waals surface area contributed by atoms with Gasteiger partial charge in [0.1, 0.15) is 0 Å². The van der Waals surface area contributed by atoms with E-state index in [4.69, 9.17) is 5.73 Å². The maximum atomic E-state index is 6.60. The molecule has 0 fully saturated rings. The predicted octanol–water partition coefficient (Wildman–Crippen LogP) is 3.98. The Labute approximate surface area is 121 Å². The Kier molecular flexibility index (Phi) is 3.62. The van der Waals surface area contributed by atoms with E-state index in [0.29, 0.717) is 0 Å². The van der Waals surface area contributed by atoms with Crippen LogP contribution in [0.25, 0.3) is 0 Å². The van der Waals surface area contributed by atoms with Gasteiger partial charge in [0.05, 0.1) is 0 Å². The van der Waals surface area contributed by atoms with E-state index >= 15 is 0 Å². The third-order valence-corrected chi connectivity index (χ3v) is 4.42. The number of aryl methyl sites for hydroxylation is 2. The van der Waals surface area contributed by atoms with E-state index in [1.54, 1.807) is 0 Å². The van der Waals surface area contributed by atoms with Crippen LogP contribution in [0.3, 0.4) is 0 Å². The normalized spacial score (nSPS) is 17.3. The largest absolute Gasteiger partial charge is 0.321 e. The standard InChI is InChI=1S/C19H23N/c1-19(20,14-15-7-3-2-4-8-15)18-12-11-16-9-5-6-10-17(16)13-18/h2-4,7-8,11-13H,5-6,9-10,14,20H2,1H3. The van der Waals surface area contributed by atoms with E-state index < -0.39 is 0 Å². The van der Waals surface area contributed by atoms with Crippen molar-refractivity contribution >= 4 is 0 Å². The molecule has 20 heavy (non-hydrogen) atoms. The van der Waals surface area contributed by atoms with Crippen molar-refractivity contribution in [3.63, 3.8) is 0 Å². The Balaban J connectivity index is 1.87. The van der Waals surface area contributed by atoms with Crippen LogP contribution in [0, 0.1) is 0 Å². The highest BCUT2D eigenvalue weighted by atomic mass is 14.7. The van der Waals surface area contributed by atoms with Crippen molar-refractivity contribution < 1.29 is 0 Å². The summed E-state index contributed by atoms with van der Waals surface area (Å²) in [5.41, 5.74) is 11.9. The fourth-order valence-electron chi connectivity index (χ4n) is 3.21. The summed E-state index contributed by atoms with van der Waals surface area (Å²) in [7, 11) is 0. The molecule has 0 heterocycles. The van der Waals surface area contributed by atoms with Gasteiger partial charge in [-0.2, -0.15) is 0 Å². The monoisotopic (exact) mass is 265 g/mol. The molecule has 0 amide bonds. The molecular formula is C19H23N. The fraction of sp³-hybridized carbons (Fsp3) is 0.368. The molecule has 1 aliphatic rings. The van der Waals surface area contributed by atoms with Crippen LogP contribution in [0.4, 0.5) is 0 Å². The second-order valence-corrected chi connectivity index (χ2v) is 6.27. The molecule has 0 saturated carbocycles. The molecule has 1 unspecified atom stereocenters. The highest BCUT2D eigenvalue weighted by Crippen LogP contribution is 2.28. The van der Waals surface area contributed by atoms with Gasteiger partial charge in [0.15, 0.2) is 0 Å². The minimum atomic E-state index is -0.298. The first kappa shape index (κ1) is 13.4. The number of rotatable bonds is 3. The van der Waals surface area contributed by atoms with E-state index in [9.17, 15) is 0 Å². The van der Waals surface area contributed by atoms with Crippen LogP contribution in [-0.4, -0.2) is 0 Å². The van der Waals surface area contributed by atoms with Gasteiger partial charge >= 0.3 is 0 Å². The number of fused-ring (bicyclic) bond motifs is 1. The molecule has 2 aromatic rings.